The van der Waals surface area contributed by atoms with Gasteiger partial charge in [-0.05, 0) is 96.3 Å². The molecule has 1 saturated heterocycles. The summed E-state index contributed by atoms with van der Waals surface area (Å²) in [5.74, 6) is -3.18. The van der Waals surface area contributed by atoms with E-state index >= 15 is 0 Å². The second kappa shape index (κ2) is 50.7. The highest BCUT2D eigenvalue weighted by Crippen LogP contribution is 2.26. The summed E-state index contributed by atoms with van der Waals surface area (Å²) in [6.45, 7) is 5.80. The van der Waals surface area contributed by atoms with Gasteiger partial charge in [0.2, 0.25) is 0 Å². The third-order valence-electron chi connectivity index (χ3n) is 13.0. The monoisotopic (exact) mass is 1050 g/mol. The molecule has 0 aromatic rings. The molecule has 75 heavy (non-hydrogen) atoms. The zero-order valence-electron chi connectivity index (χ0n) is 47.0. The third-order valence-corrected chi connectivity index (χ3v) is 13.0. The normalized spacial score (nSPS) is 18.8. The smallest absolute Gasteiger partial charge is 0.335 e. The van der Waals surface area contributed by atoms with E-state index in [-0.39, 0.29) is 25.9 Å². The quantitative estimate of drug-likeness (QED) is 0.0228. The number of hydrogen-bond donors (Lipinski definition) is 3. The van der Waals surface area contributed by atoms with Crippen LogP contribution in [0.25, 0.3) is 0 Å². The number of carboxylic acids is 1. The number of aliphatic hydroxyl groups is 2. The van der Waals surface area contributed by atoms with E-state index in [1.54, 1.807) is 0 Å². The summed E-state index contributed by atoms with van der Waals surface area (Å²) in [5.41, 5.74) is 0. The van der Waals surface area contributed by atoms with Crippen molar-refractivity contribution in [3.63, 3.8) is 0 Å². The van der Waals surface area contributed by atoms with Crippen molar-refractivity contribution in [3.8, 4) is 0 Å². The Bertz CT molecular complexity index is 1630. The Morgan fingerprint density at radius 2 is 0.840 bits per heavy atom. The summed E-state index contributed by atoms with van der Waals surface area (Å²) in [7, 11) is 0. The van der Waals surface area contributed by atoms with Crippen LogP contribution in [0.1, 0.15) is 239 Å². The van der Waals surface area contributed by atoms with Crippen LogP contribution >= 0.6 is 0 Å². The minimum atomic E-state index is -1.91. The topological polar surface area (TPSA) is 175 Å². The van der Waals surface area contributed by atoms with Crippen molar-refractivity contribution in [2.75, 3.05) is 13.2 Å². The molecule has 0 saturated carbocycles. The van der Waals surface area contributed by atoms with E-state index in [1.165, 1.54) is 64.2 Å². The van der Waals surface area contributed by atoms with Gasteiger partial charge in [0.1, 0.15) is 18.8 Å². The summed E-state index contributed by atoms with van der Waals surface area (Å²) in [6.07, 6.45) is 52.7. The van der Waals surface area contributed by atoms with Gasteiger partial charge in [-0.25, -0.2) is 4.79 Å². The predicted molar refractivity (Wildman–Crippen MR) is 303 cm³/mol. The Hall–Kier alpha value is -4.10. The molecule has 1 heterocycles. The van der Waals surface area contributed by atoms with Crippen molar-refractivity contribution in [3.05, 3.63) is 85.1 Å². The molecule has 6 atom stereocenters. The van der Waals surface area contributed by atoms with Crippen molar-refractivity contribution in [2.24, 2.45) is 0 Å². The maximum atomic E-state index is 13.1. The number of carboxylic acid groups (broad SMARTS) is 1. The van der Waals surface area contributed by atoms with Crippen LogP contribution in [-0.4, -0.2) is 89.2 Å². The largest absolute Gasteiger partial charge is 0.479 e. The van der Waals surface area contributed by atoms with Gasteiger partial charge in [0.25, 0.3) is 0 Å². The summed E-state index contributed by atoms with van der Waals surface area (Å²) in [4.78, 5) is 51.1. The molecule has 1 aliphatic rings. The lowest BCUT2D eigenvalue weighted by atomic mass is 9.98. The van der Waals surface area contributed by atoms with Crippen LogP contribution in [0.2, 0.25) is 0 Å². The van der Waals surface area contributed by atoms with Gasteiger partial charge in [0, 0.05) is 19.3 Å². The van der Waals surface area contributed by atoms with E-state index in [4.69, 9.17) is 23.7 Å². The van der Waals surface area contributed by atoms with E-state index in [2.05, 4.69) is 106 Å². The lowest BCUT2D eigenvalue weighted by Gasteiger charge is -2.40. The Morgan fingerprint density at radius 1 is 0.453 bits per heavy atom. The molecular weight excluding hydrogens is 949 g/mol. The average molecular weight is 1050 g/mol. The summed E-state index contributed by atoms with van der Waals surface area (Å²) in [6, 6.07) is 0. The number of esters is 3. The first-order valence-corrected chi connectivity index (χ1v) is 29.6. The fourth-order valence-corrected chi connectivity index (χ4v) is 8.42. The third kappa shape index (κ3) is 40.8. The zero-order chi connectivity index (χ0) is 54.7. The number of unbranched alkanes of at least 4 members (excludes halogenated alkanes) is 21. The Kier molecular flexibility index (Phi) is 46.6. The standard InChI is InChI=1S/C63H104O12/c1-4-7-10-13-16-19-22-24-26-27-28-29-31-32-35-37-40-43-46-49-55(64)71-52-54(73-56(65)50-47-44-41-38-34-21-18-15-12-9-6-3)53-72-63-61(59(68)58(67)60(75-63)62(69)70)74-57(66)51-48-45-42-39-36-33-30-25-23-20-17-14-11-8-5-2/h7,10,16-17,19-20,24-26,28-30,32,35,54,58-61,63,67-68H,4-6,8-9,11-15,18,21-23,27,31,33-34,36-53H2,1-3H3,(H,69,70)/b10-7-,19-16-,20-17-,26-24-,29-28-,30-25-,35-32-. The molecular formula is C63H104O12. The molecule has 1 fully saturated rings. The lowest BCUT2D eigenvalue weighted by molar-refractivity contribution is -0.301. The van der Waals surface area contributed by atoms with E-state index < -0.39 is 67.3 Å². The number of allylic oxidation sites excluding steroid dienone is 14. The number of rotatable bonds is 49. The molecule has 3 N–H and O–H groups in total. The highest BCUT2D eigenvalue weighted by molar-refractivity contribution is 5.74. The van der Waals surface area contributed by atoms with E-state index in [0.29, 0.717) is 19.3 Å². The van der Waals surface area contributed by atoms with Crippen LogP contribution in [0.4, 0.5) is 0 Å². The second-order valence-corrected chi connectivity index (χ2v) is 19.9. The molecule has 12 nitrogen and oxygen atoms in total. The first kappa shape index (κ1) is 68.9. The number of hydrogen-bond acceptors (Lipinski definition) is 11. The number of aliphatic carboxylic acids is 1. The maximum Gasteiger partial charge on any atom is 0.335 e. The highest BCUT2D eigenvalue weighted by atomic mass is 16.7. The van der Waals surface area contributed by atoms with Crippen molar-refractivity contribution >= 4 is 23.9 Å². The Morgan fingerprint density at radius 3 is 1.32 bits per heavy atom. The van der Waals surface area contributed by atoms with E-state index in [0.717, 1.165) is 116 Å². The van der Waals surface area contributed by atoms with Crippen molar-refractivity contribution in [2.45, 2.75) is 276 Å². The fourth-order valence-electron chi connectivity index (χ4n) is 8.42. The number of ether oxygens (including phenoxy) is 5. The first-order valence-electron chi connectivity index (χ1n) is 29.6. The first-order chi connectivity index (χ1) is 36.6. The van der Waals surface area contributed by atoms with Crippen LogP contribution in [0.3, 0.4) is 0 Å². The minimum Gasteiger partial charge on any atom is -0.479 e. The van der Waals surface area contributed by atoms with Crippen LogP contribution in [0.15, 0.2) is 85.1 Å². The predicted octanol–water partition coefficient (Wildman–Crippen LogP) is 15.1. The van der Waals surface area contributed by atoms with Crippen LogP contribution in [-0.2, 0) is 42.9 Å². The van der Waals surface area contributed by atoms with Gasteiger partial charge in [-0.1, -0.05) is 209 Å². The van der Waals surface area contributed by atoms with Crippen molar-refractivity contribution in [1.29, 1.82) is 0 Å². The molecule has 0 radical (unpaired) electrons. The minimum absolute atomic E-state index is 0.0392. The number of carbonyl (C=O) groups excluding carboxylic acids is 3. The Balaban J connectivity index is 2.70. The molecule has 12 heteroatoms. The highest BCUT2D eigenvalue weighted by Gasteiger charge is 2.50. The molecule has 428 valence electrons. The molecule has 0 aromatic carbocycles. The van der Waals surface area contributed by atoms with Crippen LogP contribution in [0.5, 0.6) is 0 Å². The van der Waals surface area contributed by atoms with Gasteiger partial charge in [-0.15, -0.1) is 0 Å². The number of carbonyl (C=O) groups is 4. The van der Waals surface area contributed by atoms with Gasteiger partial charge in [-0.3, -0.25) is 14.4 Å². The summed E-state index contributed by atoms with van der Waals surface area (Å²) < 4.78 is 28.4. The van der Waals surface area contributed by atoms with Gasteiger partial charge in [0.05, 0.1) is 6.61 Å². The van der Waals surface area contributed by atoms with Gasteiger partial charge in [-0.2, -0.15) is 0 Å². The SMILES string of the molecule is CC/C=C\C/C=C\C/C=C\C/C=C\C/C=C\CCCCCC(=O)OCC(COC1OC(C(=O)O)C(O)C(O)C1OC(=O)CCCCCCC/C=C\C/C=C\CCCCC)OC(=O)CCCCCCCCCCCCC. The summed E-state index contributed by atoms with van der Waals surface area (Å²) >= 11 is 0. The van der Waals surface area contributed by atoms with E-state index in [9.17, 15) is 34.5 Å². The molecule has 6 unspecified atom stereocenters. The lowest BCUT2D eigenvalue weighted by Crippen LogP contribution is -2.61. The average Bonchev–Trinajstić information content (AvgIpc) is 3.39. The molecule has 1 rings (SSSR count). The van der Waals surface area contributed by atoms with Gasteiger partial charge in [0.15, 0.2) is 24.6 Å². The van der Waals surface area contributed by atoms with Crippen LogP contribution < -0.4 is 0 Å². The van der Waals surface area contributed by atoms with Crippen molar-refractivity contribution in [1.82, 2.24) is 0 Å². The number of aliphatic hydroxyl groups excluding tert-OH is 2. The molecule has 1 aliphatic heterocycles. The molecule has 0 aromatic heterocycles. The van der Waals surface area contributed by atoms with Gasteiger partial charge < -0.3 is 39.0 Å². The molecule has 0 amide bonds. The zero-order valence-corrected chi connectivity index (χ0v) is 47.0. The molecule has 0 spiro atoms. The molecule has 0 aliphatic carbocycles. The fraction of sp³-hybridized carbons (Fsp3) is 0.714. The van der Waals surface area contributed by atoms with E-state index in [1.807, 2.05) is 0 Å². The second-order valence-electron chi connectivity index (χ2n) is 19.9. The van der Waals surface area contributed by atoms with Crippen LogP contribution in [0, 0.1) is 0 Å². The maximum absolute atomic E-state index is 13.1. The summed E-state index contributed by atoms with van der Waals surface area (Å²) in [5, 5.41) is 31.5. The van der Waals surface area contributed by atoms with Crippen molar-refractivity contribution < 1.29 is 58.2 Å². The molecule has 0 bridgehead atoms. The Labute approximate surface area is 454 Å². The van der Waals surface area contributed by atoms with Gasteiger partial charge >= 0.3 is 23.9 Å².